The highest BCUT2D eigenvalue weighted by Crippen LogP contribution is 2.29. The second kappa shape index (κ2) is 11.0. The summed E-state index contributed by atoms with van der Waals surface area (Å²) < 4.78 is 28.1. The molecule has 2 aromatic carbocycles. The van der Waals surface area contributed by atoms with Crippen LogP contribution in [0.2, 0.25) is 0 Å². The molecule has 203 valence electrons. The van der Waals surface area contributed by atoms with Gasteiger partial charge in [0.25, 0.3) is 5.56 Å². The van der Waals surface area contributed by atoms with Crippen molar-refractivity contribution in [2.24, 2.45) is 0 Å². The van der Waals surface area contributed by atoms with E-state index < -0.39 is 22.9 Å². The monoisotopic (exact) mass is 522 g/mol. The van der Waals surface area contributed by atoms with Crippen LogP contribution in [0, 0.1) is 5.82 Å². The second-order valence-electron chi connectivity index (χ2n) is 11.4. The van der Waals surface area contributed by atoms with Crippen molar-refractivity contribution in [2.45, 2.75) is 85.0 Å². The number of carbonyl (C=O) groups is 1. The van der Waals surface area contributed by atoms with Gasteiger partial charge in [0.15, 0.2) is 0 Å². The lowest BCUT2D eigenvalue weighted by molar-refractivity contribution is -0.142. The van der Waals surface area contributed by atoms with Crippen LogP contribution < -0.4 is 16.3 Å². The van der Waals surface area contributed by atoms with Crippen LogP contribution in [0.5, 0.6) is 0 Å². The smallest absolute Gasteiger partial charge is 0.331 e. The lowest BCUT2D eigenvalue weighted by Crippen LogP contribution is -2.58. The number of carbonyl (C=O) groups excluding carboxylic acids is 1. The van der Waals surface area contributed by atoms with Crippen LogP contribution in [-0.4, -0.2) is 41.4 Å². The maximum atomic E-state index is 15.3. The quantitative estimate of drug-likeness (QED) is 0.333. The van der Waals surface area contributed by atoms with Crippen molar-refractivity contribution < 1.29 is 18.6 Å². The van der Waals surface area contributed by atoms with Gasteiger partial charge in [0.05, 0.1) is 22.9 Å². The summed E-state index contributed by atoms with van der Waals surface area (Å²) in [6.07, 6.45) is 2.21. The van der Waals surface area contributed by atoms with E-state index in [1.54, 1.807) is 25.7 Å². The van der Waals surface area contributed by atoms with Crippen molar-refractivity contribution in [1.29, 1.82) is 0 Å². The summed E-state index contributed by atoms with van der Waals surface area (Å²) in [7, 11) is 3.50. The minimum absolute atomic E-state index is 0.0496. The van der Waals surface area contributed by atoms with Crippen molar-refractivity contribution in [1.82, 2.24) is 15.1 Å². The Hall–Kier alpha value is -3.04. The predicted octanol–water partition coefficient (Wildman–Crippen LogP) is 4.31. The van der Waals surface area contributed by atoms with Gasteiger partial charge in [0, 0.05) is 23.4 Å². The Balaban J connectivity index is 2.15. The highest BCUT2D eigenvalue weighted by Gasteiger charge is 2.39. The number of ether oxygens (including phenoxy) is 1. The molecule has 0 spiro atoms. The van der Waals surface area contributed by atoms with Gasteiger partial charge in [-0.1, -0.05) is 39.8 Å². The fraction of sp³-hybridized carbons (Fsp3) is 0.483. The Bertz CT molecular complexity index is 1400. The number of hydrogen-bond acceptors (Lipinski definition) is 6. The zero-order valence-electron chi connectivity index (χ0n) is 23.9. The normalized spacial score (nSPS) is 13.8. The number of aromatic nitrogens is 2. The number of fused-ring (bicyclic) bond motifs is 1. The molecule has 0 saturated carbocycles. The number of likely N-dealkylation sites (N-methyl/N-ethyl adjacent to an activating group) is 1. The van der Waals surface area contributed by atoms with Gasteiger partial charge >= 0.3 is 13.5 Å². The molecule has 1 atom stereocenters. The van der Waals surface area contributed by atoms with Crippen LogP contribution in [0.3, 0.4) is 0 Å². The Labute approximate surface area is 225 Å². The maximum Gasteiger partial charge on any atom is 0.331 e. The van der Waals surface area contributed by atoms with Gasteiger partial charge in [-0.25, -0.2) is 4.39 Å². The number of nitrogens with zero attached hydrogens (tertiary/aromatic N) is 2. The molecule has 0 aliphatic carbocycles. The van der Waals surface area contributed by atoms with Crippen LogP contribution in [0.1, 0.15) is 72.9 Å². The summed E-state index contributed by atoms with van der Waals surface area (Å²) in [6.45, 7) is 15.3. The van der Waals surface area contributed by atoms with Gasteiger partial charge in [-0.05, 0) is 68.9 Å². The largest absolute Gasteiger partial charge is 0.461 e. The van der Waals surface area contributed by atoms with Crippen LogP contribution in [-0.2, 0) is 26.2 Å². The Morgan fingerprint density at radius 2 is 1.84 bits per heavy atom. The molecule has 1 N–H and O–H groups in total. The van der Waals surface area contributed by atoms with Gasteiger partial charge < -0.3 is 14.7 Å². The number of benzene rings is 2. The van der Waals surface area contributed by atoms with Gasteiger partial charge in [-0.3, -0.25) is 9.59 Å². The molecule has 7 nitrogen and oxygen atoms in total. The molecule has 1 unspecified atom stereocenters. The number of hydrogen-bond donors (Lipinski definition) is 1. The molecule has 0 aliphatic rings. The second-order valence-corrected chi connectivity index (χ2v) is 11.4. The molecule has 0 aliphatic heterocycles. The van der Waals surface area contributed by atoms with Gasteiger partial charge in [0.1, 0.15) is 12.4 Å². The first kappa shape index (κ1) is 29.5. The third-order valence-electron chi connectivity index (χ3n) is 7.61. The van der Waals surface area contributed by atoms with E-state index in [-0.39, 0.29) is 22.9 Å². The Morgan fingerprint density at radius 1 is 1.16 bits per heavy atom. The maximum absolute atomic E-state index is 15.3. The van der Waals surface area contributed by atoms with Gasteiger partial charge in [0.2, 0.25) is 0 Å². The number of nitrogens with one attached hydrogen (secondary N) is 1. The molecule has 38 heavy (non-hydrogen) atoms. The summed E-state index contributed by atoms with van der Waals surface area (Å²) in [4.78, 5) is 25.3. The summed E-state index contributed by atoms with van der Waals surface area (Å²) in [5.41, 5.74) is 0.471. The van der Waals surface area contributed by atoms with E-state index in [0.717, 1.165) is 16.7 Å². The summed E-state index contributed by atoms with van der Waals surface area (Å²) >= 11 is 0. The van der Waals surface area contributed by atoms with E-state index in [2.05, 4.69) is 24.3 Å². The first-order valence-electron chi connectivity index (χ1n) is 12.8. The van der Waals surface area contributed by atoms with E-state index in [0.29, 0.717) is 22.1 Å². The van der Waals surface area contributed by atoms with Crippen molar-refractivity contribution in [3.8, 4) is 5.69 Å². The average molecular weight is 522 g/mol. The van der Waals surface area contributed by atoms with Crippen molar-refractivity contribution in [3.63, 3.8) is 0 Å². The molecule has 1 radical (unpaired) electrons. The molecule has 0 bridgehead atoms. The number of rotatable bonds is 9. The van der Waals surface area contributed by atoms with Crippen LogP contribution in [0.4, 0.5) is 4.39 Å². The van der Waals surface area contributed by atoms with Crippen LogP contribution >= 0.6 is 0 Å². The molecule has 0 saturated heterocycles. The molecule has 0 amide bonds. The minimum atomic E-state index is -0.603. The van der Waals surface area contributed by atoms with E-state index in [1.165, 1.54) is 19.2 Å². The summed E-state index contributed by atoms with van der Waals surface area (Å²) in [5.74, 6) is -1.07. The first-order valence-corrected chi connectivity index (χ1v) is 12.8. The van der Waals surface area contributed by atoms with E-state index in [1.807, 2.05) is 47.7 Å². The van der Waals surface area contributed by atoms with Crippen molar-refractivity contribution in [3.05, 3.63) is 63.8 Å². The Kier molecular flexibility index (Phi) is 8.53. The highest BCUT2D eigenvalue weighted by molar-refractivity contribution is 6.48. The van der Waals surface area contributed by atoms with E-state index in [4.69, 9.17) is 9.39 Å². The van der Waals surface area contributed by atoms with Crippen molar-refractivity contribution in [2.75, 3.05) is 7.05 Å². The lowest BCUT2D eigenvalue weighted by Gasteiger charge is -2.44. The number of halogens is 1. The number of esters is 1. The topological polar surface area (TPSA) is 82.5 Å². The standard InChI is InChI=1S/C29H38BFN3O4/c1-10-29(8,28(6,7)32-9)38-30-22-12-11-13-24(21(22)17-37-18(2)35)34-26(36)25-19(16-33-34)14-20(15-23(25)31)27(3,4)5/h11-16,32H,10,17H2,1-9H3. The zero-order chi connectivity index (χ0) is 28.5. The third-order valence-corrected chi connectivity index (χ3v) is 7.61. The molecule has 0 fully saturated rings. The average Bonchev–Trinajstić information content (AvgIpc) is 2.85. The fourth-order valence-electron chi connectivity index (χ4n) is 4.20. The van der Waals surface area contributed by atoms with E-state index in [9.17, 15) is 9.59 Å². The van der Waals surface area contributed by atoms with Crippen LogP contribution in [0.25, 0.3) is 16.5 Å². The lowest BCUT2D eigenvalue weighted by atomic mass is 9.77. The molecular weight excluding hydrogens is 484 g/mol. The van der Waals surface area contributed by atoms with Gasteiger partial charge in [-0.2, -0.15) is 9.78 Å². The molecule has 1 heterocycles. The third kappa shape index (κ3) is 5.84. The highest BCUT2D eigenvalue weighted by atomic mass is 19.1. The molecule has 9 heteroatoms. The summed E-state index contributed by atoms with van der Waals surface area (Å²) in [5, 5.41) is 8.06. The predicted molar refractivity (Wildman–Crippen MR) is 150 cm³/mol. The fourth-order valence-corrected chi connectivity index (χ4v) is 4.20. The van der Waals surface area contributed by atoms with Crippen molar-refractivity contribution >= 4 is 29.7 Å². The first-order chi connectivity index (χ1) is 17.6. The molecule has 3 aromatic rings. The van der Waals surface area contributed by atoms with E-state index >= 15 is 4.39 Å². The molecule has 3 rings (SSSR count). The van der Waals surface area contributed by atoms with Crippen LogP contribution in [0.15, 0.2) is 41.3 Å². The minimum Gasteiger partial charge on any atom is -0.461 e. The van der Waals surface area contributed by atoms with Gasteiger partial charge in [-0.15, -0.1) is 0 Å². The zero-order valence-corrected chi connectivity index (χ0v) is 23.9. The summed E-state index contributed by atoms with van der Waals surface area (Å²) in [6, 6.07) is 8.46. The SMILES string of the molecule is CCC(C)(O[B]c1cccc(-n2ncc3cc(C(C)(C)C)cc(F)c3c2=O)c1COC(C)=O)C(C)(C)NC. The molecule has 1 aromatic heterocycles. The molecular formula is C29H38BFN3O4. The Morgan fingerprint density at radius 3 is 2.42 bits per heavy atom.